The van der Waals surface area contributed by atoms with Gasteiger partial charge in [-0.1, -0.05) is 11.6 Å². The van der Waals surface area contributed by atoms with Crippen LogP contribution in [0.5, 0.6) is 0 Å². The molecule has 1 aliphatic rings. The number of amides is 1. The van der Waals surface area contributed by atoms with Crippen molar-refractivity contribution in [2.75, 3.05) is 31.1 Å². The summed E-state index contributed by atoms with van der Waals surface area (Å²) in [5.41, 5.74) is 0.995. The molecule has 0 unspecified atom stereocenters. The number of halogens is 1. The summed E-state index contributed by atoms with van der Waals surface area (Å²) in [4.78, 5) is 27.0. The second kappa shape index (κ2) is 9.21. The zero-order valence-electron chi connectivity index (χ0n) is 17.1. The maximum Gasteiger partial charge on any atom is 0.269 e. The van der Waals surface area contributed by atoms with Crippen LogP contribution in [-0.2, 0) is 10.0 Å². The fourth-order valence-electron chi connectivity index (χ4n) is 3.34. The molecule has 9 nitrogen and oxygen atoms in total. The van der Waals surface area contributed by atoms with Gasteiger partial charge >= 0.3 is 0 Å². The molecule has 1 N–H and O–H groups in total. The van der Waals surface area contributed by atoms with Crippen molar-refractivity contribution >= 4 is 38.9 Å². The molecule has 1 aliphatic heterocycles. The van der Waals surface area contributed by atoms with E-state index in [-0.39, 0.29) is 33.1 Å². The zero-order valence-corrected chi connectivity index (χ0v) is 18.7. The normalized spacial score (nSPS) is 14.7. The van der Waals surface area contributed by atoms with Gasteiger partial charge in [0.25, 0.3) is 11.6 Å². The van der Waals surface area contributed by atoms with E-state index >= 15 is 0 Å². The Morgan fingerprint density at radius 3 is 2.26 bits per heavy atom. The van der Waals surface area contributed by atoms with Gasteiger partial charge in [0.15, 0.2) is 0 Å². The Labute approximate surface area is 185 Å². The molecule has 2 aromatic carbocycles. The van der Waals surface area contributed by atoms with E-state index < -0.39 is 14.9 Å². The Balaban J connectivity index is 1.72. The lowest BCUT2D eigenvalue weighted by atomic mass is 10.1. The second-order valence-electron chi connectivity index (χ2n) is 7.47. The number of non-ortho nitro benzene ring substituents is 1. The van der Waals surface area contributed by atoms with Crippen LogP contribution in [0.1, 0.15) is 24.2 Å². The average Bonchev–Trinajstić information content (AvgIpc) is 2.72. The van der Waals surface area contributed by atoms with Gasteiger partial charge in [0.2, 0.25) is 10.0 Å². The first-order chi connectivity index (χ1) is 14.6. The minimum atomic E-state index is -3.75. The van der Waals surface area contributed by atoms with Crippen LogP contribution >= 0.6 is 11.6 Å². The molecule has 0 saturated carbocycles. The van der Waals surface area contributed by atoms with Gasteiger partial charge in [0.05, 0.1) is 20.4 Å². The molecule has 0 bridgehead atoms. The van der Waals surface area contributed by atoms with Crippen LogP contribution in [0.4, 0.5) is 11.4 Å². The van der Waals surface area contributed by atoms with Gasteiger partial charge in [-0.15, -0.1) is 0 Å². The highest BCUT2D eigenvalue weighted by molar-refractivity contribution is 7.89. The van der Waals surface area contributed by atoms with Crippen molar-refractivity contribution in [1.82, 2.24) is 9.62 Å². The summed E-state index contributed by atoms with van der Waals surface area (Å²) < 4.78 is 27.4. The minimum absolute atomic E-state index is 0.0153. The van der Waals surface area contributed by atoms with E-state index in [4.69, 9.17) is 11.6 Å². The number of hydrogen-bond donors (Lipinski definition) is 1. The predicted molar refractivity (Wildman–Crippen MR) is 118 cm³/mol. The standard InChI is InChI=1S/C20H23ClN4O5S/c1-14(2)22-31(29,30)17-7-8-19(21)18(13-17)20(26)24-11-9-23(10-12-24)15-3-5-16(6-4-15)25(27)28/h3-8,13-14,22H,9-12H2,1-2H3. The third-order valence-electron chi connectivity index (χ3n) is 4.86. The van der Waals surface area contributed by atoms with Crippen LogP contribution in [0, 0.1) is 10.1 Å². The van der Waals surface area contributed by atoms with E-state index in [0.717, 1.165) is 5.69 Å². The molecule has 0 radical (unpaired) electrons. The monoisotopic (exact) mass is 466 g/mol. The molecule has 2 aromatic rings. The Morgan fingerprint density at radius 2 is 1.71 bits per heavy atom. The van der Waals surface area contributed by atoms with E-state index in [1.807, 2.05) is 4.90 Å². The average molecular weight is 467 g/mol. The summed E-state index contributed by atoms with van der Waals surface area (Å²) in [7, 11) is -3.75. The number of carbonyl (C=O) groups excluding carboxylic acids is 1. The number of sulfonamides is 1. The van der Waals surface area contributed by atoms with Crippen molar-refractivity contribution in [3.8, 4) is 0 Å². The van der Waals surface area contributed by atoms with Gasteiger partial charge < -0.3 is 9.80 Å². The summed E-state index contributed by atoms with van der Waals surface area (Å²) in [6, 6.07) is 10.1. The Bertz CT molecular complexity index is 1080. The summed E-state index contributed by atoms with van der Waals surface area (Å²) in [5, 5.41) is 11.0. The molecule has 166 valence electrons. The maximum absolute atomic E-state index is 13.0. The summed E-state index contributed by atoms with van der Waals surface area (Å²) in [6.45, 7) is 5.32. The highest BCUT2D eigenvalue weighted by Gasteiger charge is 2.26. The third-order valence-corrected chi connectivity index (χ3v) is 6.85. The van der Waals surface area contributed by atoms with E-state index in [1.165, 1.54) is 30.3 Å². The van der Waals surface area contributed by atoms with Gasteiger partial charge in [0.1, 0.15) is 0 Å². The quantitative estimate of drug-likeness (QED) is 0.517. The number of hydrogen-bond acceptors (Lipinski definition) is 6. The SMILES string of the molecule is CC(C)NS(=O)(=O)c1ccc(Cl)c(C(=O)N2CCN(c3ccc([N+](=O)[O-])cc3)CC2)c1. The lowest BCUT2D eigenvalue weighted by Gasteiger charge is -2.36. The topological polar surface area (TPSA) is 113 Å². The van der Waals surface area contributed by atoms with Gasteiger partial charge in [-0.2, -0.15) is 0 Å². The van der Waals surface area contributed by atoms with Crippen molar-refractivity contribution in [3.63, 3.8) is 0 Å². The number of benzene rings is 2. The fraction of sp³-hybridized carbons (Fsp3) is 0.350. The third kappa shape index (κ3) is 5.33. The first-order valence-corrected chi connectivity index (χ1v) is 11.5. The van der Waals surface area contributed by atoms with Gasteiger partial charge in [-0.3, -0.25) is 14.9 Å². The van der Waals surface area contributed by atoms with E-state index in [1.54, 1.807) is 30.9 Å². The van der Waals surface area contributed by atoms with E-state index in [9.17, 15) is 23.3 Å². The Morgan fingerprint density at radius 1 is 1.10 bits per heavy atom. The van der Waals surface area contributed by atoms with Gasteiger partial charge in [-0.05, 0) is 44.2 Å². The van der Waals surface area contributed by atoms with Crippen LogP contribution in [0.2, 0.25) is 5.02 Å². The van der Waals surface area contributed by atoms with Crippen LogP contribution in [0.15, 0.2) is 47.4 Å². The fourth-order valence-corrected chi connectivity index (χ4v) is 4.81. The summed E-state index contributed by atoms with van der Waals surface area (Å²) in [6.07, 6.45) is 0. The second-order valence-corrected chi connectivity index (χ2v) is 9.59. The molecule has 31 heavy (non-hydrogen) atoms. The summed E-state index contributed by atoms with van der Waals surface area (Å²) in [5.74, 6) is -0.338. The first kappa shape index (κ1) is 23.0. The molecule has 0 aliphatic carbocycles. The Kier molecular flexibility index (Phi) is 6.83. The number of nitrogens with one attached hydrogen (secondary N) is 1. The highest BCUT2D eigenvalue weighted by Crippen LogP contribution is 2.24. The number of carbonyl (C=O) groups is 1. The zero-order chi connectivity index (χ0) is 22.8. The molecular formula is C20H23ClN4O5S. The lowest BCUT2D eigenvalue weighted by Crippen LogP contribution is -2.48. The van der Waals surface area contributed by atoms with Crippen LogP contribution in [0.3, 0.4) is 0 Å². The molecule has 3 rings (SSSR count). The molecule has 1 heterocycles. The molecule has 1 saturated heterocycles. The highest BCUT2D eigenvalue weighted by atomic mass is 35.5. The predicted octanol–water partition coefficient (Wildman–Crippen LogP) is 2.90. The smallest absolute Gasteiger partial charge is 0.269 e. The largest absolute Gasteiger partial charge is 0.368 e. The van der Waals surface area contributed by atoms with Gasteiger partial charge in [0, 0.05) is 50.0 Å². The summed E-state index contributed by atoms with van der Waals surface area (Å²) >= 11 is 6.20. The molecule has 1 amide bonds. The van der Waals surface area contributed by atoms with Crippen LogP contribution in [0.25, 0.3) is 0 Å². The molecule has 0 spiro atoms. The first-order valence-electron chi connectivity index (χ1n) is 9.69. The van der Waals surface area contributed by atoms with Gasteiger partial charge in [-0.25, -0.2) is 13.1 Å². The van der Waals surface area contributed by atoms with E-state index in [0.29, 0.717) is 26.2 Å². The van der Waals surface area contributed by atoms with Crippen molar-refractivity contribution in [3.05, 3.63) is 63.2 Å². The van der Waals surface area contributed by atoms with Crippen LogP contribution in [-0.4, -0.2) is 56.4 Å². The van der Waals surface area contributed by atoms with Crippen LogP contribution < -0.4 is 9.62 Å². The number of rotatable bonds is 6. The number of nitrogens with zero attached hydrogens (tertiary/aromatic N) is 3. The number of anilines is 1. The molecular weight excluding hydrogens is 444 g/mol. The number of nitro benzene ring substituents is 1. The molecule has 11 heteroatoms. The molecule has 0 aromatic heterocycles. The number of piperazine rings is 1. The minimum Gasteiger partial charge on any atom is -0.368 e. The Hall–Kier alpha value is -2.69. The lowest BCUT2D eigenvalue weighted by molar-refractivity contribution is -0.384. The van der Waals surface area contributed by atoms with Crippen molar-refractivity contribution in [2.45, 2.75) is 24.8 Å². The molecule has 0 atom stereocenters. The van der Waals surface area contributed by atoms with Crippen molar-refractivity contribution in [2.24, 2.45) is 0 Å². The molecule has 1 fully saturated rings. The van der Waals surface area contributed by atoms with Crippen molar-refractivity contribution in [1.29, 1.82) is 0 Å². The maximum atomic E-state index is 13.0. The van der Waals surface area contributed by atoms with E-state index in [2.05, 4.69) is 4.72 Å². The van der Waals surface area contributed by atoms with Crippen molar-refractivity contribution < 1.29 is 18.1 Å². The number of nitro groups is 1.